The van der Waals surface area contributed by atoms with Gasteiger partial charge in [-0.15, -0.1) is 12.3 Å². The molecule has 1 aromatic heterocycles. The van der Waals surface area contributed by atoms with Crippen LogP contribution in [0.15, 0.2) is 30.5 Å². The van der Waals surface area contributed by atoms with Crippen molar-refractivity contribution in [1.82, 2.24) is 9.88 Å². The molecular formula is C17H22N2O. The zero-order valence-electron chi connectivity index (χ0n) is 12.1. The number of nitrogens with one attached hydrogen (secondary N) is 1. The van der Waals surface area contributed by atoms with Crippen molar-refractivity contribution in [3.63, 3.8) is 0 Å². The molecule has 3 heteroatoms. The van der Waals surface area contributed by atoms with E-state index in [-0.39, 0.29) is 0 Å². The van der Waals surface area contributed by atoms with Crippen LogP contribution in [0, 0.1) is 12.3 Å². The largest absolute Gasteiger partial charge is 0.383 e. The first kappa shape index (κ1) is 14.6. The van der Waals surface area contributed by atoms with Gasteiger partial charge >= 0.3 is 0 Å². The second kappa shape index (κ2) is 7.74. The molecule has 0 bridgehead atoms. The maximum atomic E-state index is 5.32. The summed E-state index contributed by atoms with van der Waals surface area (Å²) in [5, 5.41) is 4.72. The fourth-order valence-corrected chi connectivity index (χ4v) is 2.40. The van der Waals surface area contributed by atoms with Crippen LogP contribution in [-0.2, 0) is 17.8 Å². The van der Waals surface area contributed by atoms with Crippen molar-refractivity contribution in [1.29, 1.82) is 0 Å². The van der Waals surface area contributed by atoms with Crippen molar-refractivity contribution >= 4 is 10.9 Å². The SMILES string of the molecule is C#CCCCn1cc(CNCCOC)c2ccccc21. The Morgan fingerprint density at radius 1 is 1.35 bits per heavy atom. The topological polar surface area (TPSA) is 26.2 Å². The Hall–Kier alpha value is -1.76. The van der Waals surface area contributed by atoms with Crippen LogP contribution in [0.3, 0.4) is 0 Å². The van der Waals surface area contributed by atoms with Gasteiger partial charge in [-0.3, -0.25) is 0 Å². The van der Waals surface area contributed by atoms with Crippen molar-refractivity contribution in [2.24, 2.45) is 0 Å². The van der Waals surface area contributed by atoms with Crippen LogP contribution in [0.2, 0.25) is 0 Å². The van der Waals surface area contributed by atoms with Crippen LogP contribution < -0.4 is 5.32 Å². The fourth-order valence-electron chi connectivity index (χ4n) is 2.40. The normalized spacial score (nSPS) is 10.8. The molecule has 0 saturated carbocycles. The van der Waals surface area contributed by atoms with Gasteiger partial charge in [0.2, 0.25) is 0 Å². The summed E-state index contributed by atoms with van der Waals surface area (Å²) in [6.07, 6.45) is 9.41. The quantitative estimate of drug-likeness (QED) is 0.589. The van der Waals surface area contributed by atoms with E-state index < -0.39 is 0 Å². The number of methoxy groups -OCH3 is 1. The maximum absolute atomic E-state index is 5.32. The first-order chi connectivity index (χ1) is 9.86. The summed E-state index contributed by atoms with van der Waals surface area (Å²) >= 11 is 0. The van der Waals surface area contributed by atoms with Gasteiger partial charge in [-0.25, -0.2) is 0 Å². The molecule has 0 radical (unpaired) electrons. The van der Waals surface area contributed by atoms with Gasteiger partial charge in [-0.2, -0.15) is 0 Å². The van der Waals surface area contributed by atoms with E-state index >= 15 is 0 Å². The summed E-state index contributed by atoms with van der Waals surface area (Å²) in [6, 6.07) is 8.53. The van der Waals surface area contributed by atoms with Crippen LogP contribution in [0.1, 0.15) is 18.4 Å². The number of hydrogen-bond donors (Lipinski definition) is 1. The highest BCUT2D eigenvalue weighted by Crippen LogP contribution is 2.21. The van der Waals surface area contributed by atoms with E-state index in [1.165, 1.54) is 16.5 Å². The highest BCUT2D eigenvalue weighted by molar-refractivity contribution is 5.83. The van der Waals surface area contributed by atoms with E-state index in [1.54, 1.807) is 7.11 Å². The lowest BCUT2D eigenvalue weighted by Crippen LogP contribution is -2.18. The second-order valence-corrected chi connectivity index (χ2v) is 4.84. The van der Waals surface area contributed by atoms with Gasteiger partial charge in [0.15, 0.2) is 0 Å². The average Bonchev–Trinajstić information content (AvgIpc) is 2.83. The number of aryl methyl sites for hydroxylation is 1. The number of ether oxygens (including phenoxy) is 1. The van der Waals surface area contributed by atoms with E-state index in [2.05, 4.69) is 46.3 Å². The van der Waals surface area contributed by atoms with E-state index in [0.717, 1.165) is 39.1 Å². The Balaban J connectivity index is 2.11. The molecule has 0 fully saturated rings. The van der Waals surface area contributed by atoms with E-state index in [9.17, 15) is 0 Å². The standard InChI is InChI=1S/C17H22N2O/c1-3-4-7-11-19-14-15(13-18-10-12-20-2)16-8-5-6-9-17(16)19/h1,5-6,8-9,14,18H,4,7,10-13H2,2H3. The van der Waals surface area contributed by atoms with Crippen LogP contribution in [0.5, 0.6) is 0 Å². The number of fused-ring (bicyclic) bond motifs is 1. The molecule has 106 valence electrons. The molecule has 0 spiro atoms. The summed E-state index contributed by atoms with van der Waals surface area (Å²) in [4.78, 5) is 0. The molecule has 0 aliphatic rings. The van der Waals surface area contributed by atoms with Gasteiger partial charge in [0.1, 0.15) is 0 Å². The number of benzene rings is 1. The predicted molar refractivity (Wildman–Crippen MR) is 83.6 cm³/mol. The lowest BCUT2D eigenvalue weighted by atomic mass is 10.2. The molecule has 0 aliphatic heterocycles. The Morgan fingerprint density at radius 2 is 2.20 bits per heavy atom. The van der Waals surface area contributed by atoms with Crippen molar-refractivity contribution < 1.29 is 4.74 Å². The lowest BCUT2D eigenvalue weighted by molar-refractivity contribution is 0.199. The van der Waals surface area contributed by atoms with Crippen molar-refractivity contribution in [2.45, 2.75) is 25.9 Å². The summed E-state index contributed by atoms with van der Waals surface area (Å²) in [5.74, 6) is 2.70. The molecule has 2 rings (SSSR count). The molecule has 0 atom stereocenters. The Bertz CT molecular complexity index is 580. The van der Waals surface area contributed by atoms with Gasteiger partial charge in [0.05, 0.1) is 6.61 Å². The number of aromatic nitrogens is 1. The molecule has 0 amide bonds. The van der Waals surface area contributed by atoms with Crippen LogP contribution in [-0.4, -0.2) is 24.8 Å². The molecule has 20 heavy (non-hydrogen) atoms. The van der Waals surface area contributed by atoms with E-state index in [1.807, 2.05) is 0 Å². The monoisotopic (exact) mass is 270 g/mol. The first-order valence-electron chi connectivity index (χ1n) is 7.06. The molecule has 0 unspecified atom stereocenters. The molecule has 0 saturated heterocycles. The van der Waals surface area contributed by atoms with Gasteiger partial charge in [0, 0.05) is 50.3 Å². The maximum Gasteiger partial charge on any atom is 0.0587 e. The molecule has 1 aromatic carbocycles. The van der Waals surface area contributed by atoms with Crippen LogP contribution in [0.25, 0.3) is 10.9 Å². The summed E-state index contributed by atoms with van der Waals surface area (Å²) in [7, 11) is 1.72. The van der Waals surface area contributed by atoms with Gasteiger partial charge in [-0.05, 0) is 18.1 Å². The third kappa shape index (κ3) is 3.63. The third-order valence-electron chi connectivity index (χ3n) is 3.39. The summed E-state index contributed by atoms with van der Waals surface area (Å²) in [5.41, 5.74) is 2.62. The molecular weight excluding hydrogens is 248 g/mol. The highest BCUT2D eigenvalue weighted by atomic mass is 16.5. The Kier molecular flexibility index (Phi) is 5.67. The van der Waals surface area contributed by atoms with Crippen molar-refractivity contribution in [3.05, 3.63) is 36.0 Å². The van der Waals surface area contributed by atoms with E-state index in [0.29, 0.717) is 0 Å². The zero-order chi connectivity index (χ0) is 14.2. The second-order valence-electron chi connectivity index (χ2n) is 4.84. The summed E-state index contributed by atoms with van der Waals surface area (Å²) in [6.45, 7) is 3.45. The number of terminal acetylenes is 1. The van der Waals surface area contributed by atoms with Gasteiger partial charge < -0.3 is 14.6 Å². The number of rotatable bonds is 8. The lowest BCUT2D eigenvalue weighted by Gasteiger charge is -2.03. The predicted octanol–water partition coefficient (Wildman–Crippen LogP) is 2.79. The number of para-hydroxylation sites is 1. The number of hydrogen-bond acceptors (Lipinski definition) is 2. The minimum absolute atomic E-state index is 0.737. The number of nitrogens with zero attached hydrogens (tertiary/aromatic N) is 1. The minimum Gasteiger partial charge on any atom is -0.383 e. The van der Waals surface area contributed by atoms with Crippen molar-refractivity contribution in [3.8, 4) is 12.3 Å². The molecule has 2 aromatic rings. The Labute approximate surface area is 120 Å². The minimum atomic E-state index is 0.737. The van der Waals surface area contributed by atoms with Gasteiger partial charge in [-0.1, -0.05) is 18.2 Å². The molecule has 1 heterocycles. The molecule has 1 N–H and O–H groups in total. The fraction of sp³-hybridized carbons (Fsp3) is 0.412. The Morgan fingerprint density at radius 3 is 3.00 bits per heavy atom. The number of unbranched alkanes of at least 4 members (excludes halogenated alkanes) is 1. The van der Waals surface area contributed by atoms with Crippen LogP contribution in [0.4, 0.5) is 0 Å². The zero-order valence-corrected chi connectivity index (χ0v) is 12.1. The van der Waals surface area contributed by atoms with Crippen LogP contribution >= 0.6 is 0 Å². The van der Waals surface area contributed by atoms with Gasteiger partial charge in [0.25, 0.3) is 0 Å². The van der Waals surface area contributed by atoms with E-state index in [4.69, 9.17) is 11.2 Å². The van der Waals surface area contributed by atoms with Crippen molar-refractivity contribution in [2.75, 3.05) is 20.3 Å². The highest BCUT2D eigenvalue weighted by Gasteiger charge is 2.07. The molecule has 3 nitrogen and oxygen atoms in total. The first-order valence-corrected chi connectivity index (χ1v) is 7.06. The average molecular weight is 270 g/mol. The third-order valence-corrected chi connectivity index (χ3v) is 3.39. The summed E-state index contributed by atoms with van der Waals surface area (Å²) < 4.78 is 7.36. The molecule has 0 aliphatic carbocycles. The smallest absolute Gasteiger partial charge is 0.0587 e.